The Morgan fingerprint density at radius 2 is 1.84 bits per heavy atom. The Morgan fingerprint density at radius 3 is 2.50 bits per heavy atom. The van der Waals surface area contributed by atoms with Crippen LogP contribution in [-0.2, 0) is 19.6 Å². The molecule has 1 saturated heterocycles. The van der Waals surface area contributed by atoms with Gasteiger partial charge in [0.25, 0.3) is 0 Å². The van der Waals surface area contributed by atoms with Gasteiger partial charge >= 0.3 is 12.0 Å². The lowest BCUT2D eigenvalue weighted by atomic mass is 9.82. The van der Waals surface area contributed by atoms with Crippen LogP contribution >= 0.6 is 0 Å². The lowest BCUT2D eigenvalue weighted by Crippen LogP contribution is -2.51. The number of rotatable bonds is 1. The maximum absolute atomic E-state index is 14.9. The number of fused-ring (bicyclic) bond motifs is 5. The quantitative estimate of drug-likeness (QED) is 0.580. The van der Waals surface area contributed by atoms with Gasteiger partial charge in [-0.05, 0) is 37.7 Å². The Morgan fingerprint density at radius 1 is 1.16 bits per heavy atom. The number of carbonyl (C=O) groups is 1. The number of carbonyl (C=O) groups excluding carboxylic acids is 1. The molecular weight excluding hydrogens is 456 g/mol. The number of ether oxygens (including phenoxy) is 2. The van der Waals surface area contributed by atoms with Crippen LogP contribution in [-0.4, -0.2) is 62.6 Å². The van der Waals surface area contributed by atoms with Crippen molar-refractivity contribution >= 4 is 21.6 Å². The van der Waals surface area contributed by atoms with Gasteiger partial charge in [0.05, 0.1) is 30.7 Å². The number of halogens is 4. The monoisotopic (exact) mass is 478 g/mol. The molecule has 0 aromatic heterocycles. The summed E-state index contributed by atoms with van der Waals surface area (Å²) in [5.41, 5.74) is -0.0150. The number of amides is 1. The van der Waals surface area contributed by atoms with Crippen molar-refractivity contribution in [3.05, 3.63) is 29.3 Å². The molecule has 3 aliphatic heterocycles. The van der Waals surface area contributed by atoms with E-state index < -0.39 is 51.4 Å². The van der Waals surface area contributed by atoms with E-state index in [2.05, 4.69) is 9.13 Å². The Balaban J connectivity index is 1.77. The van der Waals surface area contributed by atoms with Crippen molar-refractivity contribution in [2.24, 2.45) is 4.40 Å². The molecule has 3 heterocycles. The Bertz CT molecular complexity index is 1050. The molecule has 1 aliphatic carbocycles. The Hall–Kier alpha value is -2.21. The van der Waals surface area contributed by atoms with Crippen molar-refractivity contribution in [2.45, 2.75) is 56.3 Å². The molecule has 7 nitrogen and oxygen atoms in total. The zero-order valence-electron chi connectivity index (χ0n) is 17.2. The predicted octanol–water partition coefficient (Wildman–Crippen LogP) is 2.99. The average molecular weight is 478 g/mol. The smallest absolute Gasteiger partial charge is 0.422 e. The molecule has 4 aliphatic rings. The van der Waals surface area contributed by atoms with E-state index in [1.807, 2.05) is 0 Å². The van der Waals surface area contributed by atoms with E-state index in [9.17, 15) is 30.8 Å². The van der Waals surface area contributed by atoms with Gasteiger partial charge in [0.15, 0.2) is 11.6 Å². The minimum Gasteiger partial charge on any atom is -0.422 e. The summed E-state index contributed by atoms with van der Waals surface area (Å²) >= 11 is 0. The Kier molecular flexibility index (Phi) is 5.95. The molecule has 2 fully saturated rings. The predicted molar refractivity (Wildman–Crippen MR) is 105 cm³/mol. The highest BCUT2D eigenvalue weighted by Gasteiger charge is 2.51. The number of alkyl halides is 2. The summed E-state index contributed by atoms with van der Waals surface area (Å²) in [6, 6.07) is 0.268. The minimum atomic E-state index is -4.47. The van der Waals surface area contributed by atoms with Gasteiger partial charge in [-0.3, -0.25) is 4.79 Å². The second-order valence-electron chi connectivity index (χ2n) is 8.31. The number of sulfonamides is 1. The van der Waals surface area contributed by atoms with E-state index in [-0.39, 0.29) is 37.0 Å². The standard InChI is InChI=1S/C20H22F4N2O5S/c1-32(28,29)25-16-6-7-26-17(16)10-30-13-4-2-11(3-5-13)14-8-12(21)9-15(22)18(14)31-20(23,24)19(26)27/h8-9,11,13,17H,2-7,10H2,1H3/b25-16+/t11?,13?,17-/m0/s1. The second-order valence-corrected chi connectivity index (χ2v) is 9.96. The van der Waals surface area contributed by atoms with Gasteiger partial charge in [0.1, 0.15) is 5.82 Å². The lowest BCUT2D eigenvalue weighted by molar-refractivity contribution is -0.205. The summed E-state index contributed by atoms with van der Waals surface area (Å²) in [7, 11) is -3.83. The van der Waals surface area contributed by atoms with Crippen LogP contribution in [0, 0.1) is 11.6 Å². The normalized spacial score (nSPS) is 29.5. The van der Waals surface area contributed by atoms with Crippen molar-refractivity contribution < 1.29 is 40.2 Å². The number of hydrogen-bond acceptors (Lipinski definition) is 5. The molecule has 1 saturated carbocycles. The Labute approximate surface area is 182 Å². The molecule has 1 aromatic carbocycles. The fourth-order valence-electron chi connectivity index (χ4n) is 4.58. The molecule has 0 unspecified atom stereocenters. The van der Waals surface area contributed by atoms with Crippen molar-refractivity contribution in [2.75, 3.05) is 19.4 Å². The highest BCUT2D eigenvalue weighted by molar-refractivity contribution is 7.89. The maximum atomic E-state index is 14.9. The molecule has 5 rings (SSSR count). The summed E-state index contributed by atoms with van der Waals surface area (Å²) in [6.07, 6.45) is -2.08. The first-order valence-corrected chi connectivity index (χ1v) is 12.1. The van der Waals surface area contributed by atoms with Crippen LogP contribution in [0.1, 0.15) is 43.6 Å². The molecule has 1 aromatic rings. The van der Waals surface area contributed by atoms with Gasteiger partial charge in [-0.1, -0.05) is 0 Å². The first kappa shape index (κ1) is 23.0. The third-order valence-corrected chi connectivity index (χ3v) is 6.60. The van der Waals surface area contributed by atoms with Crippen molar-refractivity contribution in [1.82, 2.24) is 4.90 Å². The molecule has 0 radical (unpaired) electrons. The number of hydrogen-bond donors (Lipinski definition) is 0. The average Bonchev–Trinajstić information content (AvgIpc) is 3.08. The zero-order valence-corrected chi connectivity index (χ0v) is 18.0. The van der Waals surface area contributed by atoms with E-state index in [1.54, 1.807) is 0 Å². The van der Waals surface area contributed by atoms with E-state index in [4.69, 9.17) is 4.74 Å². The lowest BCUT2D eigenvalue weighted by Gasteiger charge is -2.30. The third kappa shape index (κ3) is 4.61. The van der Waals surface area contributed by atoms with E-state index in [1.165, 1.54) is 0 Å². The van der Waals surface area contributed by atoms with Crippen LogP contribution in [0.2, 0.25) is 0 Å². The van der Waals surface area contributed by atoms with Crippen molar-refractivity contribution in [3.8, 4) is 5.75 Å². The van der Waals surface area contributed by atoms with Crippen molar-refractivity contribution in [3.63, 3.8) is 0 Å². The molecule has 32 heavy (non-hydrogen) atoms. The van der Waals surface area contributed by atoms with Crippen LogP contribution < -0.4 is 4.74 Å². The van der Waals surface area contributed by atoms with Crippen molar-refractivity contribution in [1.29, 1.82) is 0 Å². The molecule has 0 spiro atoms. The van der Waals surface area contributed by atoms with Crippen LogP contribution in [0.5, 0.6) is 5.75 Å². The summed E-state index contributed by atoms with van der Waals surface area (Å²) in [5, 5.41) is 0. The van der Waals surface area contributed by atoms with Crippen LogP contribution in [0.4, 0.5) is 17.6 Å². The molecule has 1 amide bonds. The highest BCUT2D eigenvalue weighted by atomic mass is 32.2. The molecule has 2 bridgehead atoms. The highest BCUT2D eigenvalue weighted by Crippen LogP contribution is 2.42. The van der Waals surface area contributed by atoms with Gasteiger partial charge in [0.2, 0.25) is 10.0 Å². The van der Waals surface area contributed by atoms with Crippen LogP contribution in [0.25, 0.3) is 0 Å². The summed E-state index contributed by atoms with van der Waals surface area (Å²) in [5.74, 6) is -5.31. The zero-order chi connectivity index (χ0) is 23.3. The molecule has 1 atom stereocenters. The van der Waals surface area contributed by atoms with Gasteiger partial charge in [-0.2, -0.15) is 13.2 Å². The maximum Gasteiger partial charge on any atom is 0.482 e. The van der Waals surface area contributed by atoms with E-state index in [0.717, 1.165) is 17.2 Å². The first-order valence-electron chi connectivity index (χ1n) is 10.2. The van der Waals surface area contributed by atoms with E-state index >= 15 is 0 Å². The fraction of sp³-hybridized carbons (Fsp3) is 0.600. The van der Waals surface area contributed by atoms with Crippen LogP contribution in [0.3, 0.4) is 0 Å². The van der Waals surface area contributed by atoms with Crippen LogP contribution in [0.15, 0.2) is 16.5 Å². The van der Waals surface area contributed by atoms with E-state index in [0.29, 0.717) is 31.7 Å². The minimum absolute atomic E-state index is 0.0359. The van der Waals surface area contributed by atoms with Gasteiger partial charge in [0, 0.05) is 24.6 Å². The topological polar surface area (TPSA) is 85.3 Å². The first-order chi connectivity index (χ1) is 14.9. The molecule has 0 N–H and O–H groups in total. The number of benzene rings is 1. The number of nitrogens with zero attached hydrogens (tertiary/aromatic N) is 2. The van der Waals surface area contributed by atoms with Gasteiger partial charge in [-0.25, -0.2) is 17.2 Å². The third-order valence-electron chi connectivity index (χ3n) is 6.03. The fourth-order valence-corrected chi connectivity index (χ4v) is 5.22. The molecular formula is C20H22F4N2O5S. The second kappa shape index (κ2) is 8.29. The van der Waals surface area contributed by atoms with Gasteiger partial charge < -0.3 is 14.4 Å². The van der Waals surface area contributed by atoms with Gasteiger partial charge in [-0.15, -0.1) is 0 Å². The summed E-state index contributed by atoms with van der Waals surface area (Å²) in [6.45, 7) is -0.437. The summed E-state index contributed by atoms with van der Waals surface area (Å²) < 4.78 is 95.6. The molecule has 12 heteroatoms. The summed E-state index contributed by atoms with van der Waals surface area (Å²) in [4.78, 5) is 13.5. The molecule has 176 valence electrons. The largest absolute Gasteiger partial charge is 0.482 e. The SMILES string of the molecule is CS(=O)(=O)/N=C1\CCN2C(=O)C(F)(F)Oc3c(F)cc(F)cc3C3CCC(CC3)OC[C@@H]12.